The first-order chi connectivity index (χ1) is 7.24. The van der Waals surface area contributed by atoms with E-state index in [-0.39, 0.29) is 5.69 Å². The van der Waals surface area contributed by atoms with Gasteiger partial charge in [0.2, 0.25) is 0 Å². The topological polar surface area (TPSA) is 59.4 Å². The van der Waals surface area contributed by atoms with Gasteiger partial charge < -0.3 is 9.84 Å². The molecule has 0 saturated heterocycles. The van der Waals surface area contributed by atoms with Gasteiger partial charge in [-0.2, -0.15) is 0 Å². The Labute approximate surface area is 88.2 Å². The van der Waals surface area contributed by atoms with Gasteiger partial charge in [-0.25, -0.2) is 9.78 Å². The number of ether oxygens (including phenoxy) is 1. The van der Waals surface area contributed by atoms with Crippen molar-refractivity contribution >= 4 is 5.97 Å². The molecule has 1 N–H and O–H groups in total. The van der Waals surface area contributed by atoms with Crippen LogP contribution in [-0.4, -0.2) is 22.7 Å². The Hall–Kier alpha value is -1.68. The van der Waals surface area contributed by atoms with Gasteiger partial charge in [0.25, 0.3) is 0 Å². The number of hydrogen-bond acceptors (Lipinski definition) is 3. The molecule has 0 radical (unpaired) electrons. The van der Waals surface area contributed by atoms with Crippen molar-refractivity contribution in [1.29, 1.82) is 0 Å². The summed E-state index contributed by atoms with van der Waals surface area (Å²) in [5.41, 5.74) is 0.668. The van der Waals surface area contributed by atoms with E-state index in [4.69, 9.17) is 9.84 Å². The zero-order valence-corrected chi connectivity index (χ0v) is 8.51. The molecule has 80 valence electrons. The Kier molecular flexibility index (Phi) is 4.50. The third-order valence-corrected chi connectivity index (χ3v) is 1.73. The lowest BCUT2D eigenvalue weighted by Crippen LogP contribution is -2.03. The highest BCUT2D eigenvalue weighted by molar-refractivity contribution is 5.85. The minimum atomic E-state index is -1.02. The number of pyridine rings is 1. The van der Waals surface area contributed by atoms with Gasteiger partial charge in [0.1, 0.15) is 5.69 Å². The van der Waals surface area contributed by atoms with Crippen molar-refractivity contribution in [2.24, 2.45) is 0 Å². The minimum absolute atomic E-state index is 0.0436. The lowest BCUT2D eigenvalue weighted by Gasteiger charge is -2.01. The standard InChI is InChI=1S/C11H13NO3/c1-2-3-7-15-8-9-5-4-6-10(12-9)11(13)14/h2-6H,7-8H2,1H3,(H,13,14)/b3-2+. The van der Waals surface area contributed by atoms with Gasteiger partial charge in [-0.1, -0.05) is 18.2 Å². The maximum atomic E-state index is 10.6. The van der Waals surface area contributed by atoms with Crippen molar-refractivity contribution < 1.29 is 14.6 Å². The summed E-state index contributed by atoms with van der Waals surface area (Å²) in [5, 5.41) is 8.70. The Morgan fingerprint density at radius 2 is 2.40 bits per heavy atom. The molecule has 0 aliphatic rings. The van der Waals surface area contributed by atoms with Gasteiger partial charge in [0.15, 0.2) is 0 Å². The molecule has 0 spiro atoms. The first-order valence-corrected chi connectivity index (χ1v) is 4.62. The second-order valence-corrected chi connectivity index (χ2v) is 2.90. The SMILES string of the molecule is C/C=C/COCc1cccc(C(=O)O)n1. The van der Waals surface area contributed by atoms with E-state index in [9.17, 15) is 4.79 Å². The second-order valence-electron chi connectivity index (χ2n) is 2.90. The lowest BCUT2D eigenvalue weighted by atomic mass is 10.3. The van der Waals surface area contributed by atoms with Crippen LogP contribution in [0.25, 0.3) is 0 Å². The largest absolute Gasteiger partial charge is 0.477 e. The summed E-state index contributed by atoms with van der Waals surface area (Å²) in [4.78, 5) is 14.5. The molecule has 0 unspecified atom stereocenters. The number of carboxylic acids is 1. The zero-order valence-electron chi connectivity index (χ0n) is 8.51. The fourth-order valence-corrected chi connectivity index (χ4v) is 1.01. The molecule has 1 aromatic heterocycles. The Balaban J connectivity index is 2.54. The van der Waals surface area contributed by atoms with Crippen LogP contribution < -0.4 is 0 Å². The molecule has 0 atom stereocenters. The van der Waals surface area contributed by atoms with E-state index < -0.39 is 5.97 Å². The highest BCUT2D eigenvalue weighted by Gasteiger charge is 2.04. The maximum Gasteiger partial charge on any atom is 0.354 e. The average molecular weight is 207 g/mol. The van der Waals surface area contributed by atoms with Crippen LogP contribution in [0.3, 0.4) is 0 Å². The van der Waals surface area contributed by atoms with Crippen molar-refractivity contribution in [2.75, 3.05) is 6.61 Å². The molecular formula is C11H13NO3. The number of aromatic carboxylic acids is 1. The van der Waals surface area contributed by atoms with E-state index in [2.05, 4.69) is 4.98 Å². The van der Waals surface area contributed by atoms with Crippen LogP contribution in [0.1, 0.15) is 23.1 Å². The van der Waals surface area contributed by atoms with Crippen LogP contribution in [0, 0.1) is 0 Å². The molecule has 0 fully saturated rings. The normalized spacial score (nSPS) is 10.7. The van der Waals surface area contributed by atoms with E-state index in [0.29, 0.717) is 18.9 Å². The molecule has 4 nitrogen and oxygen atoms in total. The molecule has 0 saturated carbocycles. The Bertz CT molecular complexity index is 361. The highest BCUT2D eigenvalue weighted by Crippen LogP contribution is 2.01. The molecule has 0 aliphatic heterocycles. The quantitative estimate of drug-likeness (QED) is 0.591. The summed E-state index contributed by atoms with van der Waals surface area (Å²) in [7, 11) is 0. The van der Waals surface area contributed by atoms with Gasteiger partial charge >= 0.3 is 5.97 Å². The van der Waals surface area contributed by atoms with Crippen molar-refractivity contribution in [3.05, 3.63) is 41.7 Å². The third kappa shape index (κ3) is 3.91. The molecule has 0 bridgehead atoms. The molecule has 0 amide bonds. The summed E-state index contributed by atoms with van der Waals surface area (Å²) in [6.07, 6.45) is 3.77. The van der Waals surface area contributed by atoms with E-state index in [0.717, 1.165) is 0 Å². The molecule has 1 rings (SSSR count). The fourth-order valence-electron chi connectivity index (χ4n) is 1.01. The summed E-state index contributed by atoms with van der Waals surface area (Å²) in [6.45, 7) is 2.74. The van der Waals surface area contributed by atoms with Crippen LogP contribution in [0.5, 0.6) is 0 Å². The minimum Gasteiger partial charge on any atom is -0.477 e. The monoisotopic (exact) mass is 207 g/mol. The zero-order chi connectivity index (χ0) is 11.1. The molecule has 0 aromatic carbocycles. The number of carboxylic acid groups (broad SMARTS) is 1. The summed E-state index contributed by atoms with van der Waals surface area (Å²) in [6, 6.07) is 4.85. The fraction of sp³-hybridized carbons (Fsp3) is 0.273. The summed E-state index contributed by atoms with van der Waals surface area (Å²) >= 11 is 0. The van der Waals surface area contributed by atoms with Crippen LogP contribution >= 0.6 is 0 Å². The van der Waals surface area contributed by atoms with Crippen LogP contribution in [0.2, 0.25) is 0 Å². The highest BCUT2D eigenvalue weighted by atomic mass is 16.5. The predicted molar refractivity (Wildman–Crippen MR) is 55.7 cm³/mol. The van der Waals surface area contributed by atoms with Gasteiger partial charge in [-0.3, -0.25) is 0 Å². The number of rotatable bonds is 5. The Morgan fingerprint density at radius 1 is 1.60 bits per heavy atom. The third-order valence-electron chi connectivity index (χ3n) is 1.73. The Morgan fingerprint density at radius 3 is 3.07 bits per heavy atom. The second kappa shape index (κ2) is 5.93. The van der Waals surface area contributed by atoms with Gasteiger partial charge in [0.05, 0.1) is 18.9 Å². The molecule has 1 aromatic rings. The molecular weight excluding hydrogens is 194 g/mol. The van der Waals surface area contributed by atoms with Crippen molar-refractivity contribution in [1.82, 2.24) is 4.98 Å². The molecule has 0 aliphatic carbocycles. The van der Waals surface area contributed by atoms with Crippen molar-refractivity contribution in [3.8, 4) is 0 Å². The van der Waals surface area contributed by atoms with E-state index in [1.165, 1.54) is 6.07 Å². The van der Waals surface area contributed by atoms with Crippen molar-refractivity contribution in [2.45, 2.75) is 13.5 Å². The number of carbonyl (C=O) groups is 1. The first-order valence-electron chi connectivity index (χ1n) is 4.62. The summed E-state index contributed by atoms with van der Waals surface area (Å²) < 4.78 is 5.25. The number of hydrogen-bond donors (Lipinski definition) is 1. The number of allylic oxidation sites excluding steroid dienone is 1. The van der Waals surface area contributed by atoms with E-state index in [1.807, 2.05) is 19.1 Å². The lowest BCUT2D eigenvalue weighted by molar-refractivity contribution is 0.0689. The predicted octanol–water partition coefficient (Wildman–Crippen LogP) is 1.87. The van der Waals surface area contributed by atoms with E-state index in [1.54, 1.807) is 12.1 Å². The molecule has 1 heterocycles. The molecule has 15 heavy (non-hydrogen) atoms. The average Bonchev–Trinajstić information content (AvgIpc) is 2.25. The van der Waals surface area contributed by atoms with Crippen LogP contribution in [-0.2, 0) is 11.3 Å². The van der Waals surface area contributed by atoms with Gasteiger partial charge in [0, 0.05) is 0 Å². The van der Waals surface area contributed by atoms with Crippen molar-refractivity contribution in [3.63, 3.8) is 0 Å². The summed E-state index contributed by atoms with van der Waals surface area (Å²) in [5.74, 6) is -1.02. The van der Waals surface area contributed by atoms with Gasteiger partial charge in [-0.05, 0) is 19.1 Å². The maximum absolute atomic E-state index is 10.6. The van der Waals surface area contributed by atoms with Crippen LogP contribution in [0.15, 0.2) is 30.4 Å². The van der Waals surface area contributed by atoms with E-state index >= 15 is 0 Å². The smallest absolute Gasteiger partial charge is 0.354 e. The molecule has 4 heteroatoms. The first kappa shape index (κ1) is 11.4. The van der Waals surface area contributed by atoms with Crippen LogP contribution in [0.4, 0.5) is 0 Å². The van der Waals surface area contributed by atoms with Gasteiger partial charge in [-0.15, -0.1) is 0 Å². The number of aromatic nitrogens is 1. The number of nitrogens with zero attached hydrogens (tertiary/aromatic N) is 1.